The summed E-state index contributed by atoms with van der Waals surface area (Å²) in [7, 11) is -4.69. The second-order valence-corrected chi connectivity index (χ2v) is 7.02. The van der Waals surface area contributed by atoms with E-state index in [4.69, 9.17) is 11.2 Å². The number of hydrogen-bond donors (Lipinski definition) is 2. The minimum absolute atomic E-state index is 0. The molecule has 0 amide bonds. The van der Waals surface area contributed by atoms with Gasteiger partial charge in [-0.1, -0.05) is 5.92 Å². The molecule has 0 aromatic carbocycles. The average Bonchev–Trinajstić information content (AvgIpc) is 2.85. The van der Waals surface area contributed by atoms with Crippen molar-refractivity contribution in [3.63, 3.8) is 0 Å². The Bertz CT molecular complexity index is 878. The number of rotatable bonds is 6. The SMILES string of the molecule is C#Cc1cn([C@H]2C[C@H](O)[C@@H](COP(=O)([O-])CC(=O)[O-])O2)c(=O)[nH]c1=O.[Na+].[Na+]. The van der Waals surface area contributed by atoms with Gasteiger partial charge < -0.3 is 33.7 Å². The summed E-state index contributed by atoms with van der Waals surface area (Å²) in [6.07, 6.45) is 1.45. The van der Waals surface area contributed by atoms with Gasteiger partial charge in [0.15, 0.2) is 0 Å². The normalized spacial score (nSPS) is 23.4. The molecule has 1 fully saturated rings. The van der Waals surface area contributed by atoms with Gasteiger partial charge in [-0.3, -0.25) is 14.3 Å². The Kier molecular flexibility index (Phi) is 11.0. The molecular formula is C13H13N2Na2O9P. The van der Waals surface area contributed by atoms with Gasteiger partial charge in [0.25, 0.3) is 5.56 Å². The van der Waals surface area contributed by atoms with Crippen LogP contribution in [0.5, 0.6) is 0 Å². The van der Waals surface area contributed by atoms with Gasteiger partial charge in [0.05, 0.1) is 18.9 Å². The summed E-state index contributed by atoms with van der Waals surface area (Å²) in [6.45, 7) is -0.647. The fourth-order valence-corrected chi connectivity index (χ4v) is 3.01. The molecule has 0 aliphatic carbocycles. The summed E-state index contributed by atoms with van der Waals surface area (Å²) >= 11 is 0. The van der Waals surface area contributed by atoms with Crippen LogP contribution in [0.25, 0.3) is 0 Å². The Morgan fingerprint density at radius 3 is 2.70 bits per heavy atom. The van der Waals surface area contributed by atoms with E-state index in [2.05, 4.69) is 10.4 Å². The molecule has 4 atom stereocenters. The van der Waals surface area contributed by atoms with E-state index in [0.29, 0.717) is 0 Å². The second-order valence-electron chi connectivity index (χ2n) is 5.22. The standard InChI is InChI=1S/C13H15N2O9P.2Na/c1-2-7-4-15(13(20)14-12(7)19)10-3-8(16)9(24-10)5-23-25(21,22)6-11(17)18;;/h1,4,8-10,16H,3,5-6H2,(H,17,18)(H,21,22)(H,14,19,20);;/q;2*+1/p-2/t8-,9+,10+;;/m0../s1. The average molecular weight is 418 g/mol. The fraction of sp³-hybridized carbons (Fsp3) is 0.462. The van der Waals surface area contributed by atoms with Crippen LogP contribution in [-0.2, 0) is 18.6 Å². The van der Waals surface area contributed by atoms with Crippen molar-refractivity contribution in [2.45, 2.75) is 24.9 Å². The number of nitrogens with zero attached hydrogens (tertiary/aromatic N) is 1. The summed E-state index contributed by atoms with van der Waals surface area (Å²) in [6, 6.07) is 0. The number of aromatic nitrogens is 2. The predicted octanol–water partition coefficient (Wildman–Crippen LogP) is -9.51. The summed E-state index contributed by atoms with van der Waals surface area (Å²) < 4.78 is 22.2. The molecule has 27 heavy (non-hydrogen) atoms. The van der Waals surface area contributed by atoms with E-state index in [1.54, 1.807) is 0 Å². The molecule has 0 saturated carbocycles. The van der Waals surface area contributed by atoms with Gasteiger partial charge in [-0.15, -0.1) is 6.42 Å². The van der Waals surface area contributed by atoms with E-state index in [1.807, 2.05) is 4.98 Å². The van der Waals surface area contributed by atoms with E-state index in [-0.39, 0.29) is 71.1 Å². The van der Waals surface area contributed by atoms with Crippen molar-refractivity contribution < 1.29 is 92.8 Å². The fourth-order valence-electron chi connectivity index (χ4n) is 2.23. The van der Waals surface area contributed by atoms with Crippen LogP contribution in [0.2, 0.25) is 0 Å². The molecular weight excluding hydrogens is 405 g/mol. The molecule has 1 unspecified atom stereocenters. The predicted molar refractivity (Wildman–Crippen MR) is 77.2 cm³/mol. The third-order valence-corrected chi connectivity index (χ3v) is 4.58. The van der Waals surface area contributed by atoms with Crippen molar-refractivity contribution in [2.24, 2.45) is 0 Å². The summed E-state index contributed by atoms with van der Waals surface area (Å²) in [5.41, 5.74) is -1.71. The van der Waals surface area contributed by atoms with Gasteiger partial charge in [0.2, 0.25) is 0 Å². The molecule has 136 valence electrons. The molecule has 0 bridgehead atoms. The minimum Gasteiger partial charge on any atom is -0.778 e. The van der Waals surface area contributed by atoms with Crippen LogP contribution in [-0.4, -0.2) is 45.6 Å². The number of carbonyl (C=O) groups is 1. The van der Waals surface area contributed by atoms with Crippen LogP contribution in [0.1, 0.15) is 18.2 Å². The van der Waals surface area contributed by atoms with Crippen molar-refractivity contribution in [1.82, 2.24) is 9.55 Å². The number of aromatic amines is 1. The molecule has 1 saturated heterocycles. The number of aliphatic carboxylic acids is 1. The number of aliphatic hydroxyl groups excluding tert-OH is 1. The third kappa shape index (κ3) is 7.27. The maximum Gasteiger partial charge on any atom is 1.00 e. The first-order valence-corrected chi connectivity index (χ1v) is 8.66. The number of carbonyl (C=O) groups excluding carboxylic acids is 1. The van der Waals surface area contributed by atoms with Crippen LogP contribution in [0.3, 0.4) is 0 Å². The first-order chi connectivity index (χ1) is 11.6. The number of ether oxygens (including phenoxy) is 1. The van der Waals surface area contributed by atoms with Gasteiger partial charge in [-0.2, -0.15) is 0 Å². The number of terminal acetylenes is 1. The number of aliphatic hydroxyl groups is 1. The van der Waals surface area contributed by atoms with E-state index >= 15 is 0 Å². The van der Waals surface area contributed by atoms with E-state index < -0.39 is 56.0 Å². The second kappa shape index (κ2) is 11.1. The Balaban J connectivity index is 0.00000338. The molecule has 2 rings (SSSR count). The Morgan fingerprint density at radius 2 is 2.15 bits per heavy atom. The minimum atomic E-state index is -4.69. The number of carboxylic acid groups (broad SMARTS) is 1. The van der Waals surface area contributed by atoms with Crippen LogP contribution < -0.4 is 80.4 Å². The van der Waals surface area contributed by atoms with Crippen molar-refractivity contribution in [2.75, 3.05) is 12.8 Å². The molecule has 1 aromatic rings. The molecule has 1 aliphatic heterocycles. The molecule has 14 heteroatoms. The van der Waals surface area contributed by atoms with Crippen molar-refractivity contribution in [3.05, 3.63) is 32.6 Å². The molecule has 0 radical (unpaired) electrons. The number of H-pyrrole nitrogens is 1. The van der Waals surface area contributed by atoms with Gasteiger partial charge in [0.1, 0.15) is 25.5 Å². The molecule has 2 N–H and O–H groups in total. The van der Waals surface area contributed by atoms with E-state index in [0.717, 1.165) is 10.8 Å². The zero-order valence-corrected chi connectivity index (χ0v) is 19.5. The first-order valence-electron chi connectivity index (χ1n) is 6.93. The summed E-state index contributed by atoms with van der Waals surface area (Å²) in [4.78, 5) is 46.9. The largest absolute Gasteiger partial charge is 1.00 e. The van der Waals surface area contributed by atoms with Gasteiger partial charge in [-0.25, -0.2) is 4.79 Å². The van der Waals surface area contributed by atoms with E-state index in [1.165, 1.54) is 0 Å². The molecule has 11 nitrogen and oxygen atoms in total. The Labute approximate surface area is 197 Å². The van der Waals surface area contributed by atoms with Crippen LogP contribution >= 0.6 is 7.60 Å². The number of carboxylic acids is 1. The quantitative estimate of drug-likeness (QED) is 0.258. The zero-order valence-electron chi connectivity index (χ0n) is 14.6. The number of nitrogens with one attached hydrogen (secondary N) is 1. The van der Waals surface area contributed by atoms with E-state index in [9.17, 15) is 34.1 Å². The molecule has 1 aromatic heterocycles. The van der Waals surface area contributed by atoms with Crippen LogP contribution in [0.15, 0.2) is 15.8 Å². The van der Waals surface area contributed by atoms with Gasteiger partial charge in [-0.05, 0) is 0 Å². The summed E-state index contributed by atoms with van der Waals surface area (Å²) in [5.74, 6) is 0.258. The molecule has 2 heterocycles. The maximum absolute atomic E-state index is 11.8. The Morgan fingerprint density at radius 1 is 1.52 bits per heavy atom. The smallest absolute Gasteiger partial charge is 0.778 e. The molecule has 0 spiro atoms. The van der Waals surface area contributed by atoms with Crippen molar-refractivity contribution >= 4 is 13.6 Å². The Hall–Kier alpha value is -0.220. The molecule has 1 aliphatic rings. The summed E-state index contributed by atoms with van der Waals surface area (Å²) in [5, 5.41) is 20.2. The first kappa shape index (κ1) is 26.8. The number of hydrogen-bond acceptors (Lipinski definition) is 9. The van der Waals surface area contributed by atoms with Crippen molar-refractivity contribution in [1.29, 1.82) is 0 Å². The monoisotopic (exact) mass is 418 g/mol. The van der Waals surface area contributed by atoms with Crippen LogP contribution in [0.4, 0.5) is 0 Å². The zero-order chi connectivity index (χ0) is 18.8. The maximum atomic E-state index is 11.8. The third-order valence-electron chi connectivity index (χ3n) is 3.40. The van der Waals surface area contributed by atoms with Gasteiger partial charge in [0, 0.05) is 18.6 Å². The van der Waals surface area contributed by atoms with Crippen molar-refractivity contribution in [3.8, 4) is 12.3 Å². The topological polar surface area (TPSA) is 174 Å². The van der Waals surface area contributed by atoms with Crippen LogP contribution in [0, 0.1) is 12.3 Å². The van der Waals surface area contributed by atoms with Gasteiger partial charge >= 0.3 is 64.8 Å².